The van der Waals surface area contributed by atoms with Gasteiger partial charge in [-0.25, -0.2) is 4.98 Å². The number of nitrogens with zero attached hydrogens (tertiary/aromatic N) is 1. The van der Waals surface area contributed by atoms with E-state index >= 15 is 0 Å². The van der Waals surface area contributed by atoms with Crippen molar-refractivity contribution < 1.29 is 0 Å². The molecule has 0 amide bonds. The summed E-state index contributed by atoms with van der Waals surface area (Å²) in [7, 11) is 1.88. The Balaban J connectivity index is 2.50. The molecule has 3 nitrogen and oxygen atoms in total. The maximum Gasteiger partial charge on any atom is 0.128 e. The summed E-state index contributed by atoms with van der Waals surface area (Å²) in [6.07, 6.45) is 1.19. The second-order valence-corrected chi connectivity index (χ2v) is 3.55. The Morgan fingerprint density at radius 2 is 2.07 bits per heavy atom. The summed E-state index contributed by atoms with van der Waals surface area (Å²) < 4.78 is 0. The topological polar surface area (TPSA) is 37.0 Å². The van der Waals surface area contributed by atoms with Crippen LogP contribution in [-0.2, 0) is 0 Å². The second kappa shape index (κ2) is 5.47. The summed E-state index contributed by atoms with van der Waals surface area (Å²) in [5.41, 5.74) is 0. The minimum atomic E-state index is 0.690. The molecular weight excluding hydrogens is 174 g/mol. The molecule has 0 fully saturated rings. The van der Waals surface area contributed by atoms with Gasteiger partial charge in [0.15, 0.2) is 0 Å². The summed E-state index contributed by atoms with van der Waals surface area (Å²) >= 11 is 0. The molecule has 1 aromatic heterocycles. The van der Waals surface area contributed by atoms with Crippen LogP contribution in [0.3, 0.4) is 0 Å². The Hall–Kier alpha value is -1.25. The fourth-order valence-electron chi connectivity index (χ4n) is 1.10. The predicted octanol–water partition coefficient (Wildman–Crippen LogP) is 2.58. The largest absolute Gasteiger partial charge is 0.373 e. The molecule has 14 heavy (non-hydrogen) atoms. The van der Waals surface area contributed by atoms with Crippen molar-refractivity contribution in [3.8, 4) is 0 Å². The van der Waals surface area contributed by atoms with E-state index in [0.29, 0.717) is 5.92 Å². The summed E-state index contributed by atoms with van der Waals surface area (Å²) in [5.74, 6) is 2.53. The molecule has 1 heterocycles. The smallest absolute Gasteiger partial charge is 0.128 e. The Labute approximate surface area is 85.9 Å². The highest BCUT2D eigenvalue weighted by Gasteiger charge is 1.99. The SMILES string of the molecule is CCC(C)CNc1cccc(NC)n1. The lowest BCUT2D eigenvalue weighted by Gasteiger charge is -2.11. The molecular formula is C11H19N3. The highest BCUT2D eigenvalue weighted by atomic mass is 15.0. The average molecular weight is 193 g/mol. The van der Waals surface area contributed by atoms with Gasteiger partial charge in [0.2, 0.25) is 0 Å². The van der Waals surface area contributed by atoms with Crippen molar-refractivity contribution in [3.63, 3.8) is 0 Å². The summed E-state index contributed by atoms with van der Waals surface area (Å²) in [6, 6.07) is 5.94. The van der Waals surface area contributed by atoms with Crippen LogP contribution in [0.5, 0.6) is 0 Å². The van der Waals surface area contributed by atoms with E-state index in [2.05, 4.69) is 29.5 Å². The highest BCUT2D eigenvalue weighted by Crippen LogP contribution is 2.09. The van der Waals surface area contributed by atoms with Gasteiger partial charge >= 0.3 is 0 Å². The summed E-state index contributed by atoms with van der Waals surface area (Å²) in [6.45, 7) is 5.41. The molecule has 2 N–H and O–H groups in total. The molecule has 1 aromatic rings. The highest BCUT2D eigenvalue weighted by molar-refractivity contribution is 5.44. The van der Waals surface area contributed by atoms with E-state index in [-0.39, 0.29) is 0 Å². The lowest BCUT2D eigenvalue weighted by atomic mass is 10.1. The van der Waals surface area contributed by atoms with Crippen LogP contribution >= 0.6 is 0 Å². The van der Waals surface area contributed by atoms with Crippen LogP contribution < -0.4 is 10.6 Å². The third-order valence-electron chi connectivity index (χ3n) is 2.33. The van der Waals surface area contributed by atoms with Gasteiger partial charge in [-0.1, -0.05) is 26.3 Å². The maximum atomic E-state index is 4.38. The maximum absolute atomic E-state index is 4.38. The monoisotopic (exact) mass is 193 g/mol. The molecule has 0 saturated carbocycles. The van der Waals surface area contributed by atoms with E-state index in [0.717, 1.165) is 18.2 Å². The van der Waals surface area contributed by atoms with Gasteiger partial charge in [-0.3, -0.25) is 0 Å². The number of hydrogen-bond acceptors (Lipinski definition) is 3. The van der Waals surface area contributed by atoms with Crippen LogP contribution in [-0.4, -0.2) is 18.6 Å². The number of aromatic nitrogens is 1. The van der Waals surface area contributed by atoms with Crippen LogP contribution in [0.15, 0.2) is 18.2 Å². The normalized spacial score (nSPS) is 12.2. The summed E-state index contributed by atoms with van der Waals surface area (Å²) in [5, 5.41) is 6.34. The fourth-order valence-corrected chi connectivity index (χ4v) is 1.10. The zero-order chi connectivity index (χ0) is 10.4. The van der Waals surface area contributed by atoms with Crippen molar-refractivity contribution in [3.05, 3.63) is 18.2 Å². The zero-order valence-electron chi connectivity index (χ0n) is 9.17. The molecule has 1 unspecified atom stereocenters. The molecule has 0 spiro atoms. The number of anilines is 2. The van der Waals surface area contributed by atoms with Crippen molar-refractivity contribution in [1.29, 1.82) is 0 Å². The van der Waals surface area contributed by atoms with Crippen molar-refractivity contribution in [2.24, 2.45) is 5.92 Å². The minimum absolute atomic E-state index is 0.690. The van der Waals surface area contributed by atoms with E-state index in [4.69, 9.17) is 0 Å². The molecule has 3 heteroatoms. The van der Waals surface area contributed by atoms with Crippen molar-refractivity contribution in [2.75, 3.05) is 24.2 Å². The van der Waals surface area contributed by atoms with E-state index in [9.17, 15) is 0 Å². The van der Waals surface area contributed by atoms with Crippen LogP contribution in [0.4, 0.5) is 11.6 Å². The van der Waals surface area contributed by atoms with E-state index in [1.807, 2.05) is 25.2 Å². The second-order valence-electron chi connectivity index (χ2n) is 3.55. The standard InChI is InChI=1S/C11H19N3/c1-4-9(2)8-13-11-7-5-6-10(12-3)14-11/h5-7,9H,4,8H2,1-3H3,(H2,12,13,14). The van der Waals surface area contributed by atoms with E-state index in [1.54, 1.807) is 0 Å². The van der Waals surface area contributed by atoms with Gasteiger partial charge in [0, 0.05) is 13.6 Å². The number of nitrogens with one attached hydrogen (secondary N) is 2. The number of pyridine rings is 1. The quantitative estimate of drug-likeness (QED) is 0.754. The molecule has 78 valence electrons. The van der Waals surface area contributed by atoms with Gasteiger partial charge < -0.3 is 10.6 Å². The first kappa shape index (κ1) is 10.8. The lowest BCUT2D eigenvalue weighted by molar-refractivity contribution is 0.592. The van der Waals surface area contributed by atoms with Gasteiger partial charge in [0.1, 0.15) is 11.6 Å². The van der Waals surface area contributed by atoms with Crippen molar-refractivity contribution in [1.82, 2.24) is 4.98 Å². The Morgan fingerprint density at radius 1 is 1.36 bits per heavy atom. The van der Waals surface area contributed by atoms with E-state index in [1.165, 1.54) is 6.42 Å². The van der Waals surface area contributed by atoms with Crippen molar-refractivity contribution >= 4 is 11.6 Å². The van der Waals surface area contributed by atoms with Gasteiger partial charge in [-0.05, 0) is 18.1 Å². The van der Waals surface area contributed by atoms with Gasteiger partial charge in [-0.15, -0.1) is 0 Å². The van der Waals surface area contributed by atoms with Crippen LogP contribution in [0.1, 0.15) is 20.3 Å². The summed E-state index contributed by atoms with van der Waals surface area (Å²) in [4.78, 5) is 4.38. The van der Waals surface area contributed by atoms with Crippen molar-refractivity contribution in [2.45, 2.75) is 20.3 Å². The molecule has 0 saturated heterocycles. The average Bonchev–Trinajstić information content (AvgIpc) is 2.26. The lowest BCUT2D eigenvalue weighted by Crippen LogP contribution is -2.11. The predicted molar refractivity (Wildman–Crippen MR) is 61.7 cm³/mol. The number of hydrogen-bond donors (Lipinski definition) is 2. The van der Waals surface area contributed by atoms with Gasteiger partial charge in [0.25, 0.3) is 0 Å². The molecule has 0 aromatic carbocycles. The third kappa shape index (κ3) is 3.24. The molecule has 0 aliphatic rings. The first-order valence-electron chi connectivity index (χ1n) is 5.15. The fraction of sp³-hybridized carbons (Fsp3) is 0.545. The van der Waals surface area contributed by atoms with Gasteiger partial charge in [-0.2, -0.15) is 0 Å². The number of rotatable bonds is 5. The zero-order valence-corrected chi connectivity index (χ0v) is 9.17. The minimum Gasteiger partial charge on any atom is -0.373 e. The Morgan fingerprint density at radius 3 is 2.71 bits per heavy atom. The molecule has 1 atom stereocenters. The Kier molecular flexibility index (Phi) is 4.23. The van der Waals surface area contributed by atoms with Crippen LogP contribution in [0, 0.1) is 5.92 Å². The Bertz CT molecular complexity index is 273. The molecule has 1 rings (SSSR count). The molecule has 0 bridgehead atoms. The van der Waals surface area contributed by atoms with Gasteiger partial charge in [0.05, 0.1) is 0 Å². The van der Waals surface area contributed by atoms with Crippen LogP contribution in [0.25, 0.3) is 0 Å². The third-order valence-corrected chi connectivity index (χ3v) is 2.33. The molecule has 0 aliphatic heterocycles. The van der Waals surface area contributed by atoms with Crippen LogP contribution in [0.2, 0.25) is 0 Å². The molecule has 0 radical (unpaired) electrons. The first-order valence-corrected chi connectivity index (χ1v) is 5.15. The first-order chi connectivity index (χ1) is 6.76. The molecule has 0 aliphatic carbocycles. The van der Waals surface area contributed by atoms with E-state index < -0.39 is 0 Å².